The van der Waals surface area contributed by atoms with E-state index in [1.54, 1.807) is 18.3 Å². The SMILES string of the molecule is CC(=O)Cc1csc(CCN(C)C)n1. The summed E-state index contributed by atoms with van der Waals surface area (Å²) >= 11 is 1.64. The standard InChI is InChI=1S/C10H16N2OS/c1-8(13)6-9-7-14-10(11-9)4-5-12(2)3/h7H,4-6H2,1-3H3. The Morgan fingerprint density at radius 2 is 2.29 bits per heavy atom. The summed E-state index contributed by atoms with van der Waals surface area (Å²) in [5.41, 5.74) is 0.913. The van der Waals surface area contributed by atoms with Crippen molar-refractivity contribution in [1.82, 2.24) is 9.88 Å². The highest BCUT2D eigenvalue weighted by atomic mass is 32.1. The Bertz CT molecular complexity index is 307. The molecule has 0 aromatic carbocycles. The van der Waals surface area contributed by atoms with E-state index in [9.17, 15) is 4.79 Å². The number of carbonyl (C=O) groups is 1. The molecule has 0 aliphatic heterocycles. The summed E-state index contributed by atoms with van der Waals surface area (Å²) in [5.74, 6) is 0.175. The summed E-state index contributed by atoms with van der Waals surface area (Å²) < 4.78 is 0. The third-order valence-electron chi connectivity index (χ3n) is 1.80. The van der Waals surface area contributed by atoms with Crippen LogP contribution in [-0.4, -0.2) is 36.3 Å². The quantitative estimate of drug-likeness (QED) is 0.739. The third-order valence-corrected chi connectivity index (χ3v) is 2.76. The average molecular weight is 212 g/mol. The van der Waals surface area contributed by atoms with Crippen LogP contribution in [0.2, 0.25) is 0 Å². The first kappa shape index (κ1) is 11.3. The van der Waals surface area contributed by atoms with Gasteiger partial charge in [-0.3, -0.25) is 4.79 Å². The van der Waals surface area contributed by atoms with Gasteiger partial charge in [-0.1, -0.05) is 0 Å². The van der Waals surface area contributed by atoms with E-state index in [1.165, 1.54) is 0 Å². The average Bonchev–Trinajstić information content (AvgIpc) is 2.47. The molecule has 1 rings (SSSR count). The molecule has 78 valence electrons. The monoisotopic (exact) mass is 212 g/mol. The second-order valence-electron chi connectivity index (χ2n) is 3.66. The molecule has 0 aliphatic rings. The number of likely N-dealkylation sites (N-methyl/N-ethyl adjacent to an activating group) is 1. The Morgan fingerprint density at radius 3 is 2.86 bits per heavy atom. The second kappa shape index (κ2) is 5.22. The highest BCUT2D eigenvalue weighted by Crippen LogP contribution is 2.11. The van der Waals surface area contributed by atoms with Crippen molar-refractivity contribution in [2.75, 3.05) is 20.6 Å². The molecule has 0 fully saturated rings. The number of carbonyl (C=O) groups excluding carboxylic acids is 1. The molecule has 0 aliphatic carbocycles. The molecule has 0 spiro atoms. The number of ketones is 1. The van der Waals surface area contributed by atoms with Gasteiger partial charge in [0.05, 0.1) is 10.7 Å². The highest BCUT2D eigenvalue weighted by Gasteiger charge is 2.04. The minimum absolute atomic E-state index is 0.175. The van der Waals surface area contributed by atoms with Crippen LogP contribution in [0.3, 0.4) is 0 Å². The summed E-state index contributed by atoms with van der Waals surface area (Å²) in [6.45, 7) is 2.60. The first-order valence-electron chi connectivity index (χ1n) is 4.65. The fraction of sp³-hybridized carbons (Fsp3) is 0.600. The van der Waals surface area contributed by atoms with Crippen LogP contribution in [-0.2, 0) is 17.6 Å². The van der Waals surface area contributed by atoms with E-state index < -0.39 is 0 Å². The molecule has 0 radical (unpaired) electrons. The molecule has 0 amide bonds. The summed E-state index contributed by atoms with van der Waals surface area (Å²) in [5, 5.41) is 3.10. The lowest BCUT2D eigenvalue weighted by molar-refractivity contribution is -0.116. The Balaban J connectivity index is 2.46. The van der Waals surface area contributed by atoms with Crippen LogP contribution in [0, 0.1) is 0 Å². The van der Waals surface area contributed by atoms with Crippen LogP contribution in [0.4, 0.5) is 0 Å². The molecule has 1 heterocycles. The van der Waals surface area contributed by atoms with Crippen LogP contribution in [0.25, 0.3) is 0 Å². The molecule has 0 N–H and O–H groups in total. The van der Waals surface area contributed by atoms with Gasteiger partial charge in [0.25, 0.3) is 0 Å². The number of aromatic nitrogens is 1. The molecule has 0 saturated carbocycles. The van der Waals surface area contributed by atoms with E-state index in [0.717, 1.165) is 23.7 Å². The van der Waals surface area contributed by atoms with Gasteiger partial charge in [0.1, 0.15) is 5.78 Å². The Kier molecular flexibility index (Phi) is 4.22. The zero-order valence-corrected chi connectivity index (χ0v) is 9.73. The Morgan fingerprint density at radius 1 is 1.57 bits per heavy atom. The zero-order chi connectivity index (χ0) is 10.6. The Hall–Kier alpha value is -0.740. The first-order chi connectivity index (χ1) is 6.58. The van der Waals surface area contributed by atoms with Gasteiger partial charge in [-0.2, -0.15) is 0 Å². The van der Waals surface area contributed by atoms with E-state index >= 15 is 0 Å². The van der Waals surface area contributed by atoms with Crippen LogP contribution in [0.5, 0.6) is 0 Å². The van der Waals surface area contributed by atoms with E-state index in [4.69, 9.17) is 0 Å². The van der Waals surface area contributed by atoms with Crippen molar-refractivity contribution in [3.8, 4) is 0 Å². The number of Topliss-reactive ketones (excluding diaryl/α,β-unsaturated/α-hetero) is 1. The lowest BCUT2D eigenvalue weighted by Gasteiger charge is -2.06. The van der Waals surface area contributed by atoms with Gasteiger partial charge in [0.2, 0.25) is 0 Å². The molecule has 0 atom stereocenters. The van der Waals surface area contributed by atoms with Gasteiger partial charge in [-0.05, 0) is 21.0 Å². The smallest absolute Gasteiger partial charge is 0.135 e. The number of thiazole rings is 1. The fourth-order valence-corrected chi connectivity index (χ4v) is 1.91. The number of nitrogens with zero attached hydrogens (tertiary/aromatic N) is 2. The normalized spacial score (nSPS) is 10.9. The molecule has 4 heteroatoms. The van der Waals surface area contributed by atoms with Gasteiger partial charge in [0, 0.05) is 24.8 Å². The molecule has 1 aromatic rings. The first-order valence-corrected chi connectivity index (χ1v) is 5.53. The maximum atomic E-state index is 10.8. The summed E-state index contributed by atoms with van der Waals surface area (Å²) in [6, 6.07) is 0. The highest BCUT2D eigenvalue weighted by molar-refractivity contribution is 7.09. The predicted octanol–water partition coefficient (Wildman–Crippen LogP) is 1.38. The summed E-state index contributed by atoms with van der Waals surface area (Å²) in [6.07, 6.45) is 1.44. The van der Waals surface area contributed by atoms with Gasteiger partial charge in [0.15, 0.2) is 0 Å². The minimum atomic E-state index is 0.175. The fourth-order valence-electron chi connectivity index (χ4n) is 1.12. The van der Waals surface area contributed by atoms with Crippen molar-refractivity contribution < 1.29 is 4.79 Å². The molecule has 0 bridgehead atoms. The van der Waals surface area contributed by atoms with Crippen molar-refractivity contribution in [1.29, 1.82) is 0 Å². The molecule has 3 nitrogen and oxygen atoms in total. The molecule has 1 aromatic heterocycles. The van der Waals surface area contributed by atoms with Crippen molar-refractivity contribution >= 4 is 17.1 Å². The van der Waals surface area contributed by atoms with Crippen molar-refractivity contribution in [3.63, 3.8) is 0 Å². The van der Waals surface area contributed by atoms with Gasteiger partial charge in [-0.25, -0.2) is 4.98 Å². The molecule has 0 unspecified atom stereocenters. The van der Waals surface area contributed by atoms with Crippen LogP contribution in [0.1, 0.15) is 17.6 Å². The Labute approximate surface area is 88.8 Å². The molecule has 14 heavy (non-hydrogen) atoms. The third kappa shape index (κ3) is 3.98. The van der Waals surface area contributed by atoms with E-state index in [0.29, 0.717) is 6.42 Å². The zero-order valence-electron chi connectivity index (χ0n) is 8.91. The number of rotatable bonds is 5. The maximum Gasteiger partial charge on any atom is 0.135 e. The maximum absolute atomic E-state index is 10.8. The van der Waals surface area contributed by atoms with Crippen molar-refractivity contribution in [2.45, 2.75) is 19.8 Å². The van der Waals surface area contributed by atoms with Gasteiger partial charge in [-0.15, -0.1) is 11.3 Å². The van der Waals surface area contributed by atoms with Crippen LogP contribution in [0.15, 0.2) is 5.38 Å². The van der Waals surface area contributed by atoms with Crippen LogP contribution >= 0.6 is 11.3 Å². The molecular weight excluding hydrogens is 196 g/mol. The lowest BCUT2D eigenvalue weighted by atomic mass is 10.2. The van der Waals surface area contributed by atoms with Gasteiger partial charge >= 0.3 is 0 Å². The number of hydrogen-bond acceptors (Lipinski definition) is 4. The van der Waals surface area contributed by atoms with Crippen molar-refractivity contribution in [3.05, 3.63) is 16.1 Å². The topological polar surface area (TPSA) is 33.2 Å². The molecular formula is C10H16N2OS. The summed E-state index contributed by atoms with van der Waals surface area (Å²) in [7, 11) is 4.09. The lowest BCUT2D eigenvalue weighted by Crippen LogP contribution is -2.15. The number of hydrogen-bond donors (Lipinski definition) is 0. The molecule has 0 saturated heterocycles. The predicted molar refractivity (Wildman–Crippen MR) is 58.8 cm³/mol. The van der Waals surface area contributed by atoms with Crippen LogP contribution < -0.4 is 0 Å². The van der Waals surface area contributed by atoms with Crippen molar-refractivity contribution in [2.24, 2.45) is 0 Å². The summed E-state index contributed by atoms with van der Waals surface area (Å²) in [4.78, 5) is 17.4. The van der Waals surface area contributed by atoms with Gasteiger partial charge < -0.3 is 4.90 Å². The van der Waals surface area contributed by atoms with E-state index in [-0.39, 0.29) is 5.78 Å². The van der Waals surface area contributed by atoms with E-state index in [2.05, 4.69) is 9.88 Å². The minimum Gasteiger partial charge on any atom is -0.309 e. The van der Waals surface area contributed by atoms with E-state index in [1.807, 2.05) is 19.5 Å². The second-order valence-corrected chi connectivity index (χ2v) is 4.61. The largest absolute Gasteiger partial charge is 0.309 e.